The molecule has 2 fully saturated rings. The van der Waals surface area contributed by atoms with Crippen LogP contribution < -0.4 is 0 Å². The molecule has 27 heavy (non-hydrogen) atoms. The summed E-state index contributed by atoms with van der Waals surface area (Å²) in [6.07, 6.45) is 0.397. The van der Waals surface area contributed by atoms with E-state index in [0.717, 1.165) is 49.2 Å². The fourth-order valence-corrected chi connectivity index (χ4v) is 4.65. The largest absolute Gasteiger partial charge is 0.416 e. The van der Waals surface area contributed by atoms with Gasteiger partial charge in [-0.15, -0.1) is 11.3 Å². The minimum atomic E-state index is -4.42. The molecule has 7 heteroatoms. The number of amides is 1. The van der Waals surface area contributed by atoms with E-state index in [9.17, 15) is 18.0 Å². The van der Waals surface area contributed by atoms with Crippen LogP contribution in [0.1, 0.15) is 59.1 Å². The fraction of sp³-hybridized carbons (Fsp3) is 0.450. The first-order valence-electron chi connectivity index (χ1n) is 9.17. The van der Waals surface area contributed by atoms with Gasteiger partial charge in [-0.1, -0.05) is 12.1 Å². The summed E-state index contributed by atoms with van der Waals surface area (Å²) >= 11 is 1.35. The van der Waals surface area contributed by atoms with E-state index in [0.29, 0.717) is 22.9 Å². The Morgan fingerprint density at radius 1 is 1.22 bits per heavy atom. The van der Waals surface area contributed by atoms with Crippen LogP contribution in [0, 0.1) is 6.92 Å². The highest BCUT2D eigenvalue weighted by Crippen LogP contribution is 2.45. The van der Waals surface area contributed by atoms with Gasteiger partial charge >= 0.3 is 6.18 Å². The topological polar surface area (TPSA) is 33.2 Å². The number of hydrogen-bond acceptors (Lipinski definition) is 3. The van der Waals surface area contributed by atoms with Crippen molar-refractivity contribution in [2.75, 3.05) is 6.54 Å². The number of halogens is 3. The lowest BCUT2D eigenvalue weighted by molar-refractivity contribution is -0.137. The van der Waals surface area contributed by atoms with Crippen molar-refractivity contribution < 1.29 is 18.0 Å². The molecule has 1 atom stereocenters. The molecule has 0 spiro atoms. The van der Waals surface area contributed by atoms with Crippen molar-refractivity contribution in [3.63, 3.8) is 0 Å². The van der Waals surface area contributed by atoms with E-state index in [1.165, 1.54) is 17.4 Å². The zero-order valence-corrected chi connectivity index (χ0v) is 15.6. The van der Waals surface area contributed by atoms with Crippen LogP contribution in [0.4, 0.5) is 13.2 Å². The summed E-state index contributed by atoms with van der Waals surface area (Å²) in [6.45, 7) is 4.68. The third-order valence-electron chi connectivity index (χ3n) is 5.11. The summed E-state index contributed by atoms with van der Waals surface area (Å²) in [4.78, 5) is 20.0. The number of carbonyl (C=O) groups excluding carboxylic acids is 1. The maximum atomic E-state index is 13.2. The van der Waals surface area contributed by atoms with E-state index in [1.54, 1.807) is 11.0 Å². The second-order valence-corrected chi connectivity index (χ2v) is 8.26. The zero-order chi connectivity index (χ0) is 19.2. The third-order valence-corrected chi connectivity index (χ3v) is 6.38. The molecule has 3 nitrogen and oxygen atoms in total. The first kappa shape index (κ1) is 18.5. The summed E-state index contributed by atoms with van der Waals surface area (Å²) < 4.78 is 39.4. The monoisotopic (exact) mass is 393 g/mol. The molecule has 0 bridgehead atoms. The Labute approximate surface area is 160 Å². The Morgan fingerprint density at radius 2 is 2.00 bits per heavy atom. The number of likely N-dealkylation sites (tertiary alicyclic amines) is 1. The minimum Gasteiger partial charge on any atom is -0.334 e. The molecular weight excluding hydrogens is 373 g/mol. The molecule has 1 saturated carbocycles. The average molecular weight is 393 g/mol. The molecule has 1 aliphatic carbocycles. The summed E-state index contributed by atoms with van der Waals surface area (Å²) in [7, 11) is 0. The molecule has 143 valence electrons. The molecule has 1 saturated heterocycles. The van der Waals surface area contributed by atoms with E-state index < -0.39 is 11.7 Å². The molecule has 1 amide bonds. The van der Waals surface area contributed by atoms with Crippen LogP contribution >= 0.6 is 11.3 Å². The molecule has 1 radical (unpaired) electrons. The fourth-order valence-electron chi connectivity index (χ4n) is 3.42. The third kappa shape index (κ3) is 3.74. The molecule has 4 rings (SSSR count). The molecule has 1 aromatic heterocycles. The second kappa shape index (κ2) is 6.93. The molecular formula is C20H20F3N2OS. The standard InChI is InChI=1S/C20H20F3N2OS/c1-12-5-2-3-10-25(12)19(26)16-17(27-18(24-16)13-8-9-13)14-6-4-7-15(11-14)20(21,22)23/h4,6-7,11-13H,1-3,5,8-10H2. The van der Waals surface area contributed by atoms with E-state index in [-0.39, 0.29) is 17.6 Å². The van der Waals surface area contributed by atoms with Gasteiger partial charge in [0.2, 0.25) is 0 Å². The van der Waals surface area contributed by atoms with E-state index in [1.807, 2.05) is 0 Å². The summed E-state index contributed by atoms with van der Waals surface area (Å²) in [5.74, 6) is 0.114. The number of piperidine rings is 1. The van der Waals surface area contributed by atoms with Gasteiger partial charge in [-0.2, -0.15) is 13.2 Å². The quantitative estimate of drug-likeness (QED) is 0.686. The number of aromatic nitrogens is 1. The lowest BCUT2D eigenvalue weighted by Crippen LogP contribution is -2.42. The first-order valence-corrected chi connectivity index (χ1v) is 9.98. The van der Waals surface area contributed by atoms with Crippen molar-refractivity contribution in [3.05, 3.63) is 47.5 Å². The van der Waals surface area contributed by atoms with Crippen molar-refractivity contribution >= 4 is 17.2 Å². The maximum Gasteiger partial charge on any atom is 0.416 e. The second-order valence-electron chi connectivity index (χ2n) is 7.23. The van der Waals surface area contributed by atoms with Crippen molar-refractivity contribution in [1.29, 1.82) is 0 Å². The van der Waals surface area contributed by atoms with E-state index in [2.05, 4.69) is 11.9 Å². The lowest BCUT2D eigenvalue weighted by Gasteiger charge is -2.33. The molecule has 2 aromatic rings. The summed E-state index contributed by atoms with van der Waals surface area (Å²) in [5, 5.41) is 0.850. The Balaban J connectivity index is 1.75. The Kier molecular flexibility index (Phi) is 4.74. The van der Waals surface area contributed by atoms with Crippen LogP contribution in [0.25, 0.3) is 10.4 Å². The number of hydrogen-bond donors (Lipinski definition) is 0. The van der Waals surface area contributed by atoms with Crippen LogP contribution in [-0.4, -0.2) is 28.4 Å². The van der Waals surface area contributed by atoms with Crippen molar-refractivity contribution in [2.24, 2.45) is 0 Å². The number of rotatable bonds is 3. The number of nitrogens with zero attached hydrogens (tertiary/aromatic N) is 2. The van der Waals surface area contributed by atoms with E-state index in [4.69, 9.17) is 0 Å². The van der Waals surface area contributed by atoms with Crippen LogP contribution in [0.2, 0.25) is 0 Å². The van der Waals surface area contributed by atoms with Gasteiger partial charge in [0.05, 0.1) is 15.4 Å². The van der Waals surface area contributed by atoms with E-state index >= 15 is 0 Å². The highest BCUT2D eigenvalue weighted by atomic mass is 32.1. The SMILES string of the molecule is [CH2]C1CCCCN1C(=O)c1nc(C2CC2)sc1-c1cccc(C(F)(F)F)c1. The van der Waals surface area contributed by atoms with Crippen LogP contribution in [0.5, 0.6) is 0 Å². The zero-order valence-electron chi connectivity index (χ0n) is 14.8. The maximum absolute atomic E-state index is 13.2. The normalized spacial score (nSPS) is 20.7. The van der Waals surface area contributed by atoms with Crippen molar-refractivity contribution in [2.45, 2.75) is 50.2 Å². The van der Waals surface area contributed by atoms with Crippen molar-refractivity contribution in [3.8, 4) is 10.4 Å². The Bertz CT molecular complexity index is 857. The molecule has 1 aliphatic heterocycles. The van der Waals surface area contributed by atoms with Gasteiger partial charge in [-0.05, 0) is 56.7 Å². The molecule has 0 N–H and O–H groups in total. The minimum absolute atomic E-state index is 0.119. The average Bonchev–Trinajstić information content (AvgIpc) is 3.39. The highest BCUT2D eigenvalue weighted by molar-refractivity contribution is 7.15. The number of benzene rings is 1. The predicted octanol–water partition coefficient (Wildman–Crippen LogP) is 5.54. The summed E-state index contributed by atoms with van der Waals surface area (Å²) in [6, 6.07) is 5.04. The summed E-state index contributed by atoms with van der Waals surface area (Å²) in [5.41, 5.74) is -0.0419. The van der Waals surface area contributed by atoms with Gasteiger partial charge in [0.15, 0.2) is 0 Å². The molecule has 1 aromatic carbocycles. The van der Waals surface area contributed by atoms with Gasteiger partial charge in [0.25, 0.3) is 5.91 Å². The highest BCUT2D eigenvalue weighted by Gasteiger charge is 2.35. The number of carbonyl (C=O) groups is 1. The smallest absolute Gasteiger partial charge is 0.334 e. The van der Waals surface area contributed by atoms with Gasteiger partial charge in [-0.3, -0.25) is 4.79 Å². The number of thiazole rings is 1. The van der Waals surface area contributed by atoms with Crippen LogP contribution in [0.3, 0.4) is 0 Å². The van der Waals surface area contributed by atoms with Gasteiger partial charge in [0.1, 0.15) is 5.69 Å². The lowest BCUT2D eigenvalue weighted by atomic mass is 10.0. The molecule has 2 aliphatic rings. The molecule has 1 unspecified atom stereocenters. The predicted molar refractivity (Wildman–Crippen MR) is 98.6 cm³/mol. The van der Waals surface area contributed by atoms with Crippen molar-refractivity contribution in [1.82, 2.24) is 9.88 Å². The number of alkyl halides is 3. The van der Waals surface area contributed by atoms with Gasteiger partial charge in [-0.25, -0.2) is 4.98 Å². The van der Waals surface area contributed by atoms with Crippen LogP contribution in [-0.2, 0) is 6.18 Å². The van der Waals surface area contributed by atoms with Gasteiger partial charge in [0, 0.05) is 18.5 Å². The molecule has 2 heterocycles. The van der Waals surface area contributed by atoms with Crippen LogP contribution in [0.15, 0.2) is 24.3 Å². The van der Waals surface area contributed by atoms with Gasteiger partial charge < -0.3 is 4.90 Å². The Morgan fingerprint density at radius 3 is 2.67 bits per heavy atom. The Hall–Kier alpha value is -1.89. The first-order chi connectivity index (χ1) is 12.8.